The van der Waals surface area contributed by atoms with Crippen molar-refractivity contribution in [3.8, 4) is 0 Å². The summed E-state index contributed by atoms with van der Waals surface area (Å²) < 4.78 is 4.76. The molecule has 0 fully saturated rings. The zero-order valence-electron chi connectivity index (χ0n) is 5.63. The van der Waals surface area contributed by atoms with Gasteiger partial charge in [-0.1, -0.05) is 6.07 Å². The number of nitrogens with one attached hydrogen (secondary N) is 1. The van der Waals surface area contributed by atoms with Crippen molar-refractivity contribution in [2.75, 3.05) is 5.73 Å². The molecule has 4 heteroatoms. The summed E-state index contributed by atoms with van der Waals surface area (Å²) in [6.07, 6.45) is 0. The van der Waals surface area contributed by atoms with E-state index < -0.39 is 5.76 Å². The number of hydrogen-bond donors (Lipinski definition) is 2. The van der Waals surface area contributed by atoms with Gasteiger partial charge in [0.2, 0.25) is 0 Å². The average Bonchev–Trinajstić information content (AvgIpc) is 2.31. The van der Waals surface area contributed by atoms with Crippen molar-refractivity contribution in [3.63, 3.8) is 0 Å². The predicted octanol–water partition coefficient (Wildman–Crippen LogP) is 0.703. The third kappa shape index (κ3) is 0.797. The Morgan fingerprint density at radius 3 is 3.00 bits per heavy atom. The van der Waals surface area contributed by atoms with E-state index in [9.17, 15) is 4.79 Å². The third-order valence-corrected chi connectivity index (χ3v) is 1.49. The smallest absolute Gasteiger partial charge is 0.408 e. The molecule has 2 aromatic rings. The number of oxazole rings is 1. The van der Waals surface area contributed by atoms with Crippen molar-refractivity contribution in [2.24, 2.45) is 0 Å². The number of anilines is 1. The molecular weight excluding hydrogens is 144 g/mol. The fourth-order valence-corrected chi connectivity index (χ4v) is 0.994. The molecule has 0 radical (unpaired) electrons. The molecule has 56 valence electrons. The van der Waals surface area contributed by atoms with Crippen LogP contribution in [0.25, 0.3) is 11.1 Å². The fraction of sp³-hybridized carbons (Fsp3) is 0. The number of H-pyrrole nitrogens is 1. The second-order valence-corrected chi connectivity index (χ2v) is 2.23. The van der Waals surface area contributed by atoms with E-state index in [2.05, 4.69) is 4.98 Å². The van der Waals surface area contributed by atoms with Crippen molar-refractivity contribution in [1.29, 1.82) is 0 Å². The van der Waals surface area contributed by atoms with Gasteiger partial charge in [0.15, 0.2) is 5.58 Å². The molecule has 0 bridgehead atoms. The Morgan fingerprint density at radius 2 is 2.27 bits per heavy atom. The summed E-state index contributed by atoms with van der Waals surface area (Å²) in [5.41, 5.74) is 7.12. The maximum Gasteiger partial charge on any atom is 0.417 e. The van der Waals surface area contributed by atoms with Crippen LogP contribution < -0.4 is 11.5 Å². The van der Waals surface area contributed by atoms with Gasteiger partial charge in [-0.15, -0.1) is 0 Å². The average molecular weight is 150 g/mol. The van der Waals surface area contributed by atoms with Gasteiger partial charge in [0.1, 0.15) is 5.52 Å². The summed E-state index contributed by atoms with van der Waals surface area (Å²) in [7, 11) is 0. The van der Waals surface area contributed by atoms with Crippen LogP contribution in [0.15, 0.2) is 27.4 Å². The topological polar surface area (TPSA) is 72.0 Å². The Kier molecular flexibility index (Phi) is 1.03. The molecule has 0 aliphatic carbocycles. The zero-order chi connectivity index (χ0) is 7.84. The van der Waals surface area contributed by atoms with E-state index in [-0.39, 0.29) is 0 Å². The number of nitrogen functional groups attached to an aromatic ring is 1. The first-order chi connectivity index (χ1) is 5.27. The van der Waals surface area contributed by atoms with Crippen LogP contribution in [0.1, 0.15) is 0 Å². The highest BCUT2D eigenvalue weighted by molar-refractivity contribution is 5.84. The zero-order valence-corrected chi connectivity index (χ0v) is 5.63. The van der Waals surface area contributed by atoms with E-state index in [0.717, 1.165) is 0 Å². The molecule has 0 saturated heterocycles. The number of nitrogens with two attached hydrogens (primary N) is 1. The van der Waals surface area contributed by atoms with E-state index in [4.69, 9.17) is 10.2 Å². The van der Waals surface area contributed by atoms with Crippen LogP contribution >= 0.6 is 0 Å². The van der Waals surface area contributed by atoms with Crippen LogP contribution in [0.2, 0.25) is 0 Å². The van der Waals surface area contributed by atoms with Gasteiger partial charge in [-0.2, -0.15) is 0 Å². The number of fused-ring (bicyclic) bond motifs is 1. The van der Waals surface area contributed by atoms with Gasteiger partial charge in [0, 0.05) is 0 Å². The first kappa shape index (κ1) is 6.03. The number of benzene rings is 1. The Bertz CT molecular complexity index is 441. The summed E-state index contributed by atoms with van der Waals surface area (Å²) in [5, 5.41) is 0. The number of aromatic amines is 1. The van der Waals surface area contributed by atoms with Crippen LogP contribution in [-0.4, -0.2) is 4.98 Å². The Labute approximate surface area is 61.6 Å². The molecule has 0 amide bonds. The summed E-state index contributed by atoms with van der Waals surface area (Å²) in [6.45, 7) is 0. The summed E-state index contributed by atoms with van der Waals surface area (Å²) >= 11 is 0. The van der Waals surface area contributed by atoms with Gasteiger partial charge in [-0.25, -0.2) is 4.79 Å². The second kappa shape index (κ2) is 1.88. The highest BCUT2D eigenvalue weighted by Gasteiger charge is 2.01. The molecule has 4 nitrogen and oxygen atoms in total. The normalized spacial score (nSPS) is 10.5. The molecular formula is C7H6N2O2. The highest BCUT2D eigenvalue weighted by Crippen LogP contribution is 2.15. The van der Waals surface area contributed by atoms with Gasteiger partial charge in [-0.3, -0.25) is 4.98 Å². The van der Waals surface area contributed by atoms with E-state index in [1.165, 1.54) is 0 Å². The molecule has 0 aliphatic heterocycles. The molecule has 0 saturated carbocycles. The van der Waals surface area contributed by atoms with Crippen molar-refractivity contribution in [3.05, 3.63) is 28.7 Å². The fourth-order valence-electron chi connectivity index (χ4n) is 0.994. The lowest BCUT2D eigenvalue weighted by Gasteiger charge is -1.89. The molecule has 2 rings (SSSR count). The molecule has 0 atom stereocenters. The maximum atomic E-state index is 10.7. The standard InChI is InChI=1S/C7H6N2O2/c8-4-2-1-3-5-6(4)9-7(10)11-5/h1-3H,8H2,(H,9,10). The van der Waals surface area contributed by atoms with Crippen LogP contribution in [0, 0.1) is 0 Å². The van der Waals surface area contributed by atoms with Crippen molar-refractivity contribution >= 4 is 16.8 Å². The largest absolute Gasteiger partial charge is 0.417 e. The van der Waals surface area contributed by atoms with E-state index in [1.807, 2.05) is 0 Å². The lowest BCUT2D eigenvalue weighted by atomic mass is 10.3. The second-order valence-electron chi connectivity index (χ2n) is 2.23. The number of hydrogen-bond acceptors (Lipinski definition) is 3. The SMILES string of the molecule is Nc1cccc2oc(=O)[nH]c12. The van der Waals surface area contributed by atoms with Crippen LogP contribution in [0.4, 0.5) is 5.69 Å². The van der Waals surface area contributed by atoms with Crippen LogP contribution in [-0.2, 0) is 0 Å². The predicted molar refractivity (Wildman–Crippen MR) is 41.2 cm³/mol. The third-order valence-electron chi connectivity index (χ3n) is 1.49. The lowest BCUT2D eigenvalue weighted by molar-refractivity contribution is 0.555. The summed E-state index contributed by atoms with van der Waals surface area (Å²) in [5.74, 6) is -0.474. The minimum atomic E-state index is -0.474. The molecule has 1 aromatic carbocycles. The van der Waals surface area contributed by atoms with Crippen LogP contribution in [0.5, 0.6) is 0 Å². The van der Waals surface area contributed by atoms with E-state index >= 15 is 0 Å². The quantitative estimate of drug-likeness (QED) is 0.543. The van der Waals surface area contributed by atoms with Gasteiger partial charge in [0.25, 0.3) is 0 Å². The van der Waals surface area contributed by atoms with Crippen molar-refractivity contribution < 1.29 is 4.42 Å². The Balaban J connectivity index is 3.01. The molecule has 1 aromatic heterocycles. The van der Waals surface area contributed by atoms with E-state index in [1.54, 1.807) is 18.2 Å². The van der Waals surface area contributed by atoms with Crippen LogP contribution in [0.3, 0.4) is 0 Å². The number of para-hydroxylation sites is 1. The molecule has 3 N–H and O–H groups in total. The Hall–Kier alpha value is -1.71. The van der Waals surface area contributed by atoms with Gasteiger partial charge in [-0.05, 0) is 12.1 Å². The number of aromatic nitrogens is 1. The molecule has 0 spiro atoms. The summed E-state index contributed by atoms with van der Waals surface area (Å²) in [4.78, 5) is 13.1. The van der Waals surface area contributed by atoms with Gasteiger partial charge in [0.05, 0.1) is 5.69 Å². The first-order valence-corrected chi connectivity index (χ1v) is 3.15. The Morgan fingerprint density at radius 1 is 1.45 bits per heavy atom. The van der Waals surface area contributed by atoms with Crippen molar-refractivity contribution in [2.45, 2.75) is 0 Å². The molecule has 0 aliphatic rings. The van der Waals surface area contributed by atoms with E-state index in [0.29, 0.717) is 16.8 Å². The molecule has 1 heterocycles. The van der Waals surface area contributed by atoms with Gasteiger partial charge < -0.3 is 10.2 Å². The monoisotopic (exact) mass is 150 g/mol. The summed E-state index contributed by atoms with van der Waals surface area (Å²) in [6, 6.07) is 5.12. The minimum Gasteiger partial charge on any atom is -0.408 e. The van der Waals surface area contributed by atoms with Crippen molar-refractivity contribution in [1.82, 2.24) is 4.98 Å². The maximum absolute atomic E-state index is 10.7. The van der Waals surface area contributed by atoms with Gasteiger partial charge >= 0.3 is 5.76 Å². The number of rotatable bonds is 0. The minimum absolute atomic E-state index is 0.474. The lowest BCUT2D eigenvalue weighted by Crippen LogP contribution is -1.94. The first-order valence-electron chi connectivity index (χ1n) is 3.15. The molecule has 0 unspecified atom stereocenters. The molecule has 11 heavy (non-hydrogen) atoms. The highest BCUT2D eigenvalue weighted by atomic mass is 16.4.